The molecule has 0 atom stereocenters. The molecule has 3 heterocycles. The van der Waals surface area contributed by atoms with Crippen molar-refractivity contribution < 1.29 is 9.53 Å². The number of hydrogen-bond acceptors (Lipinski definition) is 4. The van der Waals surface area contributed by atoms with Crippen molar-refractivity contribution in [3.63, 3.8) is 0 Å². The number of imidazole rings is 2. The fourth-order valence-corrected chi connectivity index (χ4v) is 3.89. The van der Waals surface area contributed by atoms with Gasteiger partial charge in [0.05, 0.1) is 23.5 Å². The molecular weight excluding hydrogens is 340 g/mol. The third-order valence-corrected chi connectivity index (χ3v) is 4.78. The minimum absolute atomic E-state index is 0.318. The molecule has 0 bridgehead atoms. The van der Waals surface area contributed by atoms with Gasteiger partial charge in [-0.05, 0) is 57.9 Å². The highest BCUT2D eigenvalue weighted by atomic mass is 16.5. The number of hydrogen-bond donors (Lipinski definition) is 0. The van der Waals surface area contributed by atoms with E-state index in [1.165, 1.54) is 5.56 Å². The molecule has 0 spiro atoms. The Morgan fingerprint density at radius 2 is 1.85 bits per heavy atom. The molecule has 0 saturated heterocycles. The summed E-state index contributed by atoms with van der Waals surface area (Å²) in [6.45, 7) is 10.2. The molecule has 0 N–H and O–H groups in total. The van der Waals surface area contributed by atoms with E-state index in [2.05, 4.69) is 37.9 Å². The maximum Gasteiger partial charge on any atom is 0.357 e. The highest BCUT2D eigenvalue weighted by Gasteiger charge is 2.25. The molecule has 0 fully saturated rings. The monoisotopic (exact) mass is 362 g/mol. The van der Waals surface area contributed by atoms with Crippen molar-refractivity contribution in [1.82, 2.24) is 18.9 Å². The van der Waals surface area contributed by atoms with Crippen molar-refractivity contribution in [1.29, 1.82) is 0 Å². The predicted octanol–water partition coefficient (Wildman–Crippen LogP) is 4.08. The molecule has 0 amide bonds. The molecular formula is C21H22N4O2. The molecule has 27 heavy (non-hydrogen) atoms. The van der Waals surface area contributed by atoms with Crippen LogP contribution in [-0.2, 0) is 4.74 Å². The summed E-state index contributed by atoms with van der Waals surface area (Å²) in [5.41, 5.74) is 7.21. The van der Waals surface area contributed by atoms with E-state index in [1.807, 2.05) is 28.0 Å². The van der Waals surface area contributed by atoms with E-state index in [0.29, 0.717) is 23.8 Å². The van der Waals surface area contributed by atoms with E-state index in [9.17, 15) is 4.79 Å². The molecule has 0 aliphatic rings. The number of ether oxygens (including phenoxy) is 1. The van der Waals surface area contributed by atoms with Crippen LogP contribution in [0.25, 0.3) is 22.6 Å². The van der Waals surface area contributed by atoms with Crippen LogP contribution in [0.15, 0.2) is 30.5 Å². The molecule has 0 saturated carbocycles. The number of pyridine rings is 1. The second-order valence-corrected chi connectivity index (χ2v) is 6.83. The van der Waals surface area contributed by atoms with Gasteiger partial charge in [0.25, 0.3) is 0 Å². The first kappa shape index (κ1) is 17.3. The van der Waals surface area contributed by atoms with E-state index in [0.717, 1.165) is 28.0 Å². The summed E-state index contributed by atoms with van der Waals surface area (Å²) in [5.74, 6) is 0.294. The molecule has 0 unspecified atom stereocenters. The second kappa shape index (κ2) is 6.23. The first-order chi connectivity index (χ1) is 12.9. The Labute approximate surface area is 157 Å². The van der Waals surface area contributed by atoms with Crippen LogP contribution in [0.4, 0.5) is 0 Å². The van der Waals surface area contributed by atoms with E-state index in [-0.39, 0.29) is 5.97 Å². The fourth-order valence-electron chi connectivity index (χ4n) is 3.89. The Kier molecular flexibility index (Phi) is 3.98. The number of rotatable bonds is 3. The van der Waals surface area contributed by atoms with Gasteiger partial charge in [-0.2, -0.15) is 0 Å². The summed E-state index contributed by atoms with van der Waals surface area (Å²) in [5, 5.41) is 0. The standard InChI is InChI=1S/C21H22N4O2/c1-6-27-20(26)18-15(5)23-21-24(18)16-8-7-9-22-19(16)25(21)17-13(3)10-12(2)11-14(17)4/h7-11H,6H2,1-5H3. The van der Waals surface area contributed by atoms with E-state index < -0.39 is 0 Å². The largest absolute Gasteiger partial charge is 0.461 e. The van der Waals surface area contributed by atoms with Gasteiger partial charge in [-0.25, -0.2) is 14.8 Å². The van der Waals surface area contributed by atoms with Crippen molar-refractivity contribution in [2.45, 2.75) is 34.6 Å². The first-order valence-corrected chi connectivity index (χ1v) is 9.03. The summed E-state index contributed by atoms with van der Waals surface area (Å²) in [6, 6.07) is 8.12. The number of esters is 1. The van der Waals surface area contributed by atoms with Gasteiger partial charge in [-0.1, -0.05) is 17.7 Å². The molecule has 4 aromatic rings. The van der Waals surface area contributed by atoms with Crippen molar-refractivity contribution >= 4 is 22.9 Å². The van der Waals surface area contributed by atoms with Crippen LogP contribution in [0.5, 0.6) is 0 Å². The minimum Gasteiger partial charge on any atom is -0.461 e. The van der Waals surface area contributed by atoms with Gasteiger partial charge >= 0.3 is 5.97 Å². The van der Waals surface area contributed by atoms with Crippen LogP contribution < -0.4 is 0 Å². The number of aryl methyl sites for hydroxylation is 4. The van der Waals surface area contributed by atoms with E-state index in [4.69, 9.17) is 9.72 Å². The lowest BCUT2D eigenvalue weighted by Gasteiger charge is -2.13. The second-order valence-electron chi connectivity index (χ2n) is 6.83. The summed E-state index contributed by atoms with van der Waals surface area (Å²) in [6.07, 6.45) is 1.76. The Hall–Kier alpha value is -3.15. The van der Waals surface area contributed by atoms with E-state index >= 15 is 0 Å². The zero-order chi connectivity index (χ0) is 19.3. The normalized spacial score (nSPS) is 11.4. The SMILES string of the molecule is CCOC(=O)c1c(C)nc2n(-c3c(C)cc(C)cc3C)c3ncccc3n12. The molecule has 4 rings (SSSR count). The molecule has 1 aromatic carbocycles. The Morgan fingerprint density at radius 1 is 1.15 bits per heavy atom. The van der Waals surface area contributed by atoms with Gasteiger partial charge in [0, 0.05) is 6.20 Å². The lowest BCUT2D eigenvalue weighted by molar-refractivity contribution is 0.0518. The zero-order valence-corrected chi connectivity index (χ0v) is 16.2. The number of aromatic nitrogens is 4. The van der Waals surface area contributed by atoms with Crippen LogP contribution >= 0.6 is 0 Å². The molecule has 6 nitrogen and oxygen atoms in total. The number of fused-ring (bicyclic) bond motifs is 3. The zero-order valence-electron chi connectivity index (χ0n) is 16.2. The Balaban J connectivity index is 2.17. The third-order valence-electron chi connectivity index (χ3n) is 4.78. The average molecular weight is 362 g/mol. The molecule has 0 aliphatic heterocycles. The molecule has 6 heteroatoms. The van der Waals surface area contributed by atoms with Crippen LogP contribution in [0.1, 0.15) is 39.8 Å². The average Bonchev–Trinajstić information content (AvgIpc) is 3.08. The van der Waals surface area contributed by atoms with Gasteiger partial charge in [0.2, 0.25) is 5.78 Å². The number of carbonyl (C=O) groups excluding carboxylic acids is 1. The number of nitrogens with zero attached hydrogens (tertiary/aromatic N) is 4. The van der Waals surface area contributed by atoms with Gasteiger partial charge in [0.15, 0.2) is 11.3 Å². The summed E-state index contributed by atoms with van der Waals surface area (Å²) in [7, 11) is 0. The van der Waals surface area contributed by atoms with Gasteiger partial charge in [-0.3, -0.25) is 8.97 Å². The molecule has 3 aromatic heterocycles. The van der Waals surface area contributed by atoms with E-state index in [1.54, 1.807) is 13.1 Å². The summed E-state index contributed by atoms with van der Waals surface area (Å²) in [4.78, 5) is 21.9. The van der Waals surface area contributed by atoms with Crippen LogP contribution in [0.3, 0.4) is 0 Å². The summed E-state index contributed by atoms with van der Waals surface area (Å²) >= 11 is 0. The fraction of sp³-hybridized carbons (Fsp3) is 0.286. The predicted molar refractivity (Wildman–Crippen MR) is 105 cm³/mol. The van der Waals surface area contributed by atoms with Crippen LogP contribution in [-0.4, -0.2) is 31.5 Å². The smallest absolute Gasteiger partial charge is 0.357 e. The van der Waals surface area contributed by atoms with Crippen LogP contribution in [0, 0.1) is 27.7 Å². The number of carbonyl (C=O) groups is 1. The lowest BCUT2D eigenvalue weighted by atomic mass is 10.1. The Bertz CT molecular complexity index is 1180. The van der Waals surface area contributed by atoms with Gasteiger partial charge < -0.3 is 4.74 Å². The highest BCUT2D eigenvalue weighted by molar-refractivity contribution is 5.93. The quantitative estimate of drug-likeness (QED) is 0.515. The van der Waals surface area contributed by atoms with Crippen molar-refractivity contribution in [2.24, 2.45) is 0 Å². The third kappa shape index (κ3) is 2.51. The van der Waals surface area contributed by atoms with Crippen molar-refractivity contribution in [3.8, 4) is 5.69 Å². The van der Waals surface area contributed by atoms with Crippen LogP contribution in [0.2, 0.25) is 0 Å². The lowest BCUT2D eigenvalue weighted by Crippen LogP contribution is -2.09. The highest BCUT2D eigenvalue weighted by Crippen LogP contribution is 2.30. The molecule has 0 radical (unpaired) electrons. The molecule has 138 valence electrons. The van der Waals surface area contributed by atoms with Gasteiger partial charge in [-0.15, -0.1) is 0 Å². The first-order valence-electron chi connectivity index (χ1n) is 9.03. The summed E-state index contributed by atoms with van der Waals surface area (Å²) < 4.78 is 9.17. The van der Waals surface area contributed by atoms with Crippen molar-refractivity contribution in [2.75, 3.05) is 6.61 Å². The Morgan fingerprint density at radius 3 is 2.52 bits per heavy atom. The minimum atomic E-state index is -0.372. The van der Waals surface area contributed by atoms with Crippen molar-refractivity contribution in [3.05, 3.63) is 58.5 Å². The maximum atomic E-state index is 12.6. The molecule has 0 aliphatic carbocycles. The number of benzene rings is 1. The van der Waals surface area contributed by atoms with Gasteiger partial charge in [0.1, 0.15) is 0 Å². The topological polar surface area (TPSA) is 61.4 Å². The maximum absolute atomic E-state index is 12.6.